The van der Waals surface area contributed by atoms with E-state index in [1.165, 1.54) is 23.4 Å². The number of ketones is 1. The Bertz CT molecular complexity index is 1220. The molecular formula is C25H26N2O4S2. The Hall–Kier alpha value is -2.81. The van der Waals surface area contributed by atoms with E-state index in [1.54, 1.807) is 23.5 Å². The van der Waals surface area contributed by atoms with E-state index in [-0.39, 0.29) is 41.6 Å². The van der Waals surface area contributed by atoms with E-state index < -0.39 is 10.0 Å². The quantitative estimate of drug-likeness (QED) is 0.510. The highest BCUT2D eigenvalue weighted by Gasteiger charge is 2.33. The van der Waals surface area contributed by atoms with Crippen LogP contribution in [0.2, 0.25) is 0 Å². The Kier molecular flexibility index (Phi) is 7.07. The Morgan fingerprint density at radius 1 is 1.00 bits per heavy atom. The molecule has 0 unspecified atom stereocenters. The van der Waals surface area contributed by atoms with Gasteiger partial charge < -0.3 is 5.32 Å². The summed E-state index contributed by atoms with van der Waals surface area (Å²) in [7, 11) is -3.72. The van der Waals surface area contributed by atoms with Gasteiger partial charge in [0.1, 0.15) is 0 Å². The second-order valence-electron chi connectivity index (χ2n) is 8.13. The number of hydrogen-bond donors (Lipinski definition) is 1. The molecule has 6 nitrogen and oxygen atoms in total. The predicted octanol–water partition coefficient (Wildman–Crippen LogP) is 4.26. The van der Waals surface area contributed by atoms with Gasteiger partial charge in [0.2, 0.25) is 15.9 Å². The molecule has 172 valence electrons. The molecular weight excluding hydrogens is 456 g/mol. The van der Waals surface area contributed by atoms with Gasteiger partial charge in [0.25, 0.3) is 0 Å². The maximum absolute atomic E-state index is 13.1. The second kappa shape index (κ2) is 9.99. The third-order valence-corrected chi connectivity index (χ3v) is 8.78. The van der Waals surface area contributed by atoms with Crippen LogP contribution in [0.3, 0.4) is 0 Å². The molecule has 0 saturated carbocycles. The lowest BCUT2D eigenvalue weighted by atomic mass is 9.96. The summed E-state index contributed by atoms with van der Waals surface area (Å²) < 4.78 is 27.6. The second-order valence-corrected chi connectivity index (χ2v) is 11.0. The number of nitrogens with one attached hydrogen (secondary N) is 1. The lowest BCUT2D eigenvalue weighted by molar-refractivity contribution is -0.126. The fraction of sp³-hybridized carbons (Fsp3) is 0.280. The number of carbonyl (C=O) groups is 2. The van der Waals surface area contributed by atoms with Crippen molar-refractivity contribution >= 4 is 33.1 Å². The SMILES string of the molecule is CC(=O)c1cccc(S(=O)(=O)N2CCC(C(=O)N[C@H](c3ccccc3)c3cccs3)CC2)c1. The molecule has 8 heteroatoms. The highest BCUT2D eigenvalue weighted by molar-refractivity contribution is 7.89. The zero-order valence-electron chi connectivity index (χ0n) is 18.3. The fourth-order valence-electron chi connectivity index (χ4n) is 4.06. The molecule has 33 heavy (non-hydrogen) atoms. The van der Waals surface area contributed by atoms with Crippen molar-refractivity contribution in [3.8, 4) is 0 Å². The first-order valence-electron chi connectivity index (χ1n) is 10.9. The summed E-state index contributed by atoms with van der Waals surface area (Å²) in [5, 5.41) is 5.16. The Balaban J connectivity index is 1.43. The topological polar surface area (TPSA) is 83.6 Å². The van der Waals surface area contributed by atoms with Gasteiger partial charge in [-0.25, -0.2) is 8.42 Å². The van der Waals surface area contributed by atoms with Crippen LogP contribution in [0.1, 0.15) is 46.6 Å². The monoisotopic (exact) mass is 482 g/mol. The van der Waals surface area contributed by atoms with Crippen molar-refractivity contribution < 1.29 is 18.0 Å². The minimum atomic E-state index is -3.72. The molecule has 1 N–H and O–H groups in total. The summed E-state index contributed by atoms with van der Waals surface area (Å²) in [5.74, 6) is -0.500. The summed E-state index contributed by atoms with van der Waals surface area (Å²) >= 11 is 1.59. The fourth-order valence-corrected chi connectivity index (χ4v) is 6.38. The van der Waals surface area contributed by atoms with Crippen LogP contribution >= 0.6 is 11.3 Å². The zero-order chi connectivity index (χ0) is 23.4. The van der Waals surface area contributed by atoms with Gasteiger partial charge in [0, 0.05) is 29.4 Å². The minimum absolute atomic E-state index is 0.0621. The van der Waals surface area contributed by atoms with Crippen molar-refractivity contribution in [1.29, 1.82) is 0 Å². The van der Waals surface area contributed by atoms with Gasteiger partial charge in [-0.15, -0.1) is 11.3 Å². The molecule has 1 aliphatic heterocycles. The van der Waals surface area contributed by atoms with Crippen molar-refractivity contribution in [2.45, 2.75) is 30.7 Å². The van der Waals surface area contributed by atoms with Gasteiger partial charge in [-0.2, -0.15) is 4.31 Å². The Labute approximate surface area is 198 Å². The third kappa shape index (κ3) is 5.24. The molecule has 1 atom stereocenters. The van der Waals surface area contributed by atoms with Crippen LogP contribution in [0.15, 0.2) is 77.0 Å². The number of sulfonamides is 1. The number of nitrogens with zero attached hydrogens (tertiary/aromatic N) is 1. The molecule has 0 radical (unpaired) electrons. The third-order valence-electron chi connectivity index (χ3n) is 5.95. The maximum Gasteiger partial charge on any atom is 0.243 e. The molecule has 4 rings (SSSR count). The molecule has 0 spiro atoms. The molecule has 1 saturated heterocycles. The molecule has 1 aliphatic rings. The summed E-state index contributed by atoms with van der Waals surface area (Å²) in [6.45, 7) is 1.94. The van der Waals surface area contributed by atoms with Gasteiger partial charge in [-0.1, -0.05) is 48.5 Å². The van der Waals surface area contributed by atoms with Gasteiger partial charge in [0.05, 0.1) is 10.9 Å². The number of carbonyl (C=O) groups excluding carboxylic acids is 2. The van der Waals surface area contributed by atoms with E-state index in [0.717, 1.165) is 10.4 Å². The summed E-state index contributed by atoms with van der Waals surface area (Å²) in [4.78, 5) is 25.9. The number of benzene rings is 2. The van der Waals surface area contributed by atoms with Crippen LogP contribution in [0, 0.1) is 5.92 Å². The van der Waals surface area contributed by atoms with Crippen molar-refractivity contribution in [3.63, 3.8) is 0 Å². The smallest absolute Gasteiger partial charge is 0.243 e. The highest BCUT2D eigenvalue weighted by Crippen LogP contribution is 2.29. The molecule has 0 bridgehead atoms. The van der Waals surface area contributed by atoms with E-state index in [0.29, 0.717) is 18.4 Å². The van der Waals surface area contributed by atoms with E-state index in [1.807, 2.05) is 47.8 Å². The van der Waals surface area contributed by atoms with Crippen LogP contribution < -0.4 is 5.32 Å². The number of piperidine rings is 1. The van der Waals surface area contributed by atoms with Crippen LogP contribution in [-0.4, -0.2) is 37.5 Å². The number of thiophene rings is 1. The largest absolute Gasteiger partial charge is 0.344 e. The number of hydrogen-bond acceptors (Lipinski definition) is 5. The van der Waals surface area contributed by atoms with E-state index in [9.17, 15) is 18.0 Å². The van der Waals surface area contributed by atoms with E-state index >= 15 is 0 Å². The summed E-state index contributed by atoms with van der Waals surface area (Å²) in [6.07, 6.45) is 0.896. The lowest BCUT2D eigenvalue weighted by Crippen LogP contribution is -2.43. The van der Waals surface area contributed by atoms with Gasteiger partial charge >= 0.3 is 0 Å². The van der Waals surface area contributed by atoms with Crippen LogP contribution in [-0.2, 0) is 14.8 Å². The summed E-state index contributed by atoms with van der Waals surface area (Å²) in [6, 6.07) is 19.7. The molecule has 1 amide bonds. The van der Waals surface area contributed by atoms with E-state index in [2.05, 4.69) is 5.32 Å². The minimum Gasteiger partial charge on any atom is -0.344 e. The lowest BCUT2D eigenvalue weighted by Gasteiger charge is -2.31. The van der Waals surface area contributed by atoms with Gasteiger partial charge in [0.15, 0.2) is 5.78 Å². The zero-order valence-corrected chi connectivity index (χ0v) is 19.9. The van der Waals surface area contributed by atoms with Crippen molar-refractivity contribution in [2.75, 3.05) is 13.1 Å². The first kappa shape index (κ1) is 23.4. The van der Waals surface area contributed by atoms with Crippen molar-refractivity contribution in [1.82, 2.24) is 9.62 Å². The first-order valence-corrected chi connectivity index (χ1v) is 13.2. The Morgan fingerprint density at radius 2 is 1.73 bits per heavy atom. The maximum atomic E-state index is 13.1. The van der Waals surface area contributed by atoms with Crippen molar-refractivity contribution in [2.24, 2.45) is 5.92 Å². The standard InChI is InChI=1S/C25H26N2O4S2/c1-18(28)21-9-5-10-22(17-21)33(30,31)27-14-12-20(13-15-27)25(29)26-24(23-11-6-16-32-23)19-7-3-2-4-8-19/h2-11,16-17,20,24H,12-15H2,1H3,(H,26,29)/t24-/m1/s1. The number of rotatable bonds is 7. The van der Waals surface area contributed by atoms with Crippen LogP contribution in [0.5, 0.6) is 0 Å². The average Bonchev–Trinajstić information content (AvgIpc) is 3.38. The van der Waals surface area contributed by atoms with Gasteiger partial charge in [-0.3, -0.25) is 9.59 Å². The first-order chi connectivity index (χ1) is 15.9. The molecule has 2 heterocycles. The number of amides is 1. The molecule has 1 aromatic heterocycles. The van der Waals surface area contributed by atoms with Crippen LogP contribution in [0.4, 0.5) is 0 Å². The molecule has 0 aliphatic carbocycles. The predicted molar refractivity (Wildman–Crippen MR) is 129 cm³/mol. The average molecular weight is 483 g/mol. The molecule has 2 aromatic carbocycles. The molecule has 3 aromatic rings. The Morgan fingerprint density at radius 3 is 2.36 bits per heavy atom. The van der Waals surface area contributed by atoms with Crippen molar-refractivity contribution in [3.05, 3.63) is 88.1 Å². The van der Waals surface area contributed by atoms with Gasteiger partial charge in [-0.05, 0) is 48.9 Å². The molecule has 1 fully saturated rings. The highest BCUT2D eigenvalue weighted by atomic mass is 32.2. The number of Topliss-reactive ketones (excluding diaryl/α,β-unsaturated/α-hetero) is 1. The van der Waals surface area contributed by atoms with Crippen LogP contribution in [0.25, 0.3) is 0 Å². The van der Waals surface area contributed by atoms with E-state index in [4.69, 9.17) is 0 Å². The summed E-state index contributed by atoms with van der Waals surface area (Å²) in [5.41, 5.74) is 1.38. The normalized spacial score (nSPS) is 16.3.